The molecule has 1 rings (SSSR count). The molecule has 0 saturated heterocycles. The van der Waals surface area contributed by atoms with E-state index in [1.807, 2.05) is 37.4 Å². The number of hydrogen-bond acceptors (Lipinski definition) is 1. The molecule has 0 aromatic carbocycles. The summed E-state index contributed by atoms with van der Waals surface area (Å²) in [4.78, 5) is 4.14. The van der Waals surface area contributed by atoms with E-state index in [0.29, 0.717) is 0 Å². The molecule has 0 aliphatic rings. The molecule has 0 amide bonds. The van der Waals surface area contributed by atoms with Gasteiger partial charge in [0.1, 0.15) is 0 Å². The second kappa shape index (κ2) is 3.71. The van der Waals surface area contributed by atoms with Crippen LogP contribution in [0.25, 0.3) is 6.08 Å². The Kier molecular flexibility index (Phi) is 2.86. The van der Waals surface area contributed by atoms with Crippen molar-refractivity contribution in [3.8, 4) is 0 Å². The average molecular weight is 245 g/mol. The lowest BCUT2D eigenvalue weighted by atomic mass is 10.3. The molecule has 1 aromatic heterocycles. The Morgan fingerprint density at radius 1 is 1.60 bits per heavy atom. The summed E-state index contributed by atoms with van der Waals surface area (Å²) in [6.45, 7) is 1.99. The lowest BCUT2D eigenvalue weighted by molar-refractivity contribution is 1.28. The Hall–Kier alpha value is -0.380. The number of nitrogens with zero attached hydrogens (tertiary/aromatic N) is 1. The second-order valence-corrected chi connectivity index (χ2v) is 3.14. The van der Waals surface area contributed by atoms with Gasteiger partial charge in [-0.05, 0) is 47.7 Å². The third-order valence-electron chi connectivity index (χ3n) is 1.08. The van der Waals surface area contributed by atoms with Crippen molar-refractivity contribution < 1.29 is 0 Å². The number of hydrogen-bond donors (Lipinski definition) is 0. The van der Waals surface area contributed by atoms with Crippen LogP contribution in [0.5, 0.6) is 0 Å². The molecule has 10 heavy (non-hydrogen) atoms. The molecule has 0 bridgehead atoms. The predicted octanol–water partition coefficient (Wildman–Crippen LogP) is 2.72. The highest BCUT2D eigenvalue weighted by Gasteiger charge is 1.87. The highest BCUT2D eigenvalue weighted by Crippen LogP contribution is 2.05. The zero-order valence-electron chi connectivity index (χ0n) is 5.71. The third-order valence-corrected chi connectivity index (χ3v) is 1.75. The Morgan fingerprint density at radius 2 is 2.40 bits per heavy atom. The van der Waals surface area contributed by atoms with Crippen molar-refractivity contribution >= 4 is 28.7 Å². The Morgan fingerprint density at radius 3 is 3.00 bits per heavy atom. The van der Waals surface area contributed by atoms with Crippen LogP contribution in [0, 0.1) is 3.57 Å². The van der Waals surface area contributed by atoms with Crippen molar-refractivity contribution in [1.29, 1.82) is 0 Å². The molecule has 0 radical (unpaired) electrons. The van der Waals surface area contributed by atoms with Crippen LogP contribution >= 0.6 is 22.6 Å². The topological polar surface area (TPSA) is 12.9 Å². The number of aromatic nitrogens is 1. The van der Waals surface area contributed by atoms with Crippen molar-refractivity contribution in [2.75, 3.05) is 0 Å². The molecule has 0 unspecified atom stereocenters. The van der Waals surface area contributed by atoms with Crippen molar-refractivity contribution in [3.63, 3.8) is 0 Å². The SMILES string of the molecule is C/C=C/c1cc(I)ccn1. The number of pyridine rings is 1. The van der Waals surface area contributed by atoms with Gasteiger partial charge in [0, 0.05) is 9.77 Å². The van der Waals surface area contributed by atoms with E-state index < -0.39 is 0 Å². The molecule has 2 heteroatoms. The van der Waals surface area contributed by atoms with Crippen LogP contribution in [0.4, 0.5) is 0 Å². The molecular formula is C8H8IN. The van der Waals surface area contributed by atoms with Gasteiger partial charge in [-0.1, -0.05) is 6.08 Å². The minimum atomic E-state index is 1.02. The third kappa shape index (κ3) is 2.10. The first kappa shape index (κ1) is 7.72. The van der Waals surface area contributed by atoms with Crippen LogP contribution in [0.2, 0.25) is 0 Å². The maximum absolute atomic E-state index is 4.14. The molecule has 0 aliphatic heterocycles. The monoisotopic (exact) mass is 245 g/mol. The van der Waals surface area contributed by atoms with Gasteiger partial charge in [-0.2, -0.15) is 0 Å². The van der Waals surface area contributed by atoms with Crippen LogP contribution in [0.3, 0.4) is 0 Å². The fourth-order valence-electron chi connectivity index (χ4n) is 0.683. The van der Waals surface area contributed by atoms with Crippen LogP contribution < -0.4 is 0 Å². The van der Waals surface area contributed by atoms with Gasteiger partial charge in [-0.3, -0.25) is 4.98 Å². The van der Waals surface area contributed by atoms with Crippen molar-refractivity contribution in [1.82, 2.24) is 4.98 Å². The summed E-state index contributed by atoms with van der Waals surface area (Å²) < 4.78 is 1.22. The van der Waals surface area contributed by atoms with Gasteiger partial charge >= 0.3 is 0 Å². The summed E-state index contributed by atoms with van der Waals surface area (Å²) in [7, 11) is 0. The van der Waals surface area contributed by atoms with E-state index in [9.17, 15) is 0 Å². The van der Waals surface area contributed by atoms with Gasteiger partial charge in [0.2, 0.25) is 0 Å². The van der Waals surface area contributed by atoms with Crippen LogP contribution in [-0.4, -0.2) is 4.98 Å². The van der Waals surface area contributed by atoms with E-state index in [0.717, 1.165) is 5.69 Å². The predicted molar refractivity (Wildman–Crippen MR) is 51.7 cm³/mol. The Labute approximate surface area is 74.3 Å². The highest BCUT2D eigenvalue weighted by molar-refractivity contribution is 14.1. The van der Waals surface area contributed by atoms with Crippen molar-refractivity contribution in [3.05, 3.63) is 33.7 Å². The van der Waals surface area contributed by atoms with E-state index in [4.69, 9.17) is 0 Å². The lowest BCUT2D eigenvalue weighted by Gasteiger charge is -1.91. The second-order valence-electron chi connectivity index (χ2n) is 1.90. The summed E-state index contributed by atoms with van der Waals surface area (Å²) in [5, 5.41) is 0. The summed E-state index contributed by atoms with van der Waals surface area (Å²) in [5.74, 6) is 0. The Balaban J connectivity index is 2.95. The molecule has 0 atom stereocenters. The lowest BCUT2D eigenvalue weighted by Crippen LogP contribution is -1.79. The molecule has 52 valence electrons. The molecule has 1 heterocycles. The smallest absolute Gasteiger partial charge is 0.0636 e. The van der Waals surface area contributed by atoms with Crippen LogP contribution in [0.15, 0.2) is 24.4 Å². The highest BCUT2D eigenvalue weighted by atomic mass is 127. The number of allylic oxidation sites excluding steroid dienone is 1. The minimum Gasteiger partial charge on any atom is -0.257 e. The molecular weight excluding hydrogens is 237 g/mol. The summed E-state index contributed by atoms with van der Waals surface area (Å²) in [6.07, 6.45) is 5.79. The number of rotatable bonds is 1. The first-order chi connectivity index (χ1) is 4.83. The average Bonchev–Trinajstić information content (AvgIpc) is 1.88. The summed E-state index contributed by atoms with van der Waals surface area (Å²) in [6, 6.07) is 4.02. The Bertz CT molecular complexity index is 243. The fourth-order valence-corrected chi connectivity index (χ4v) is 1.16. The standard InChI is InChI=1S/C8H8IN/c1-2-3-8-6-7(9)4-5-10-8/h2-6H,1H3/b3-2+. The zero-order chi connectivity index (χ0) is 7.40. The molecule has 1 nitrogen and oxygen atoms in total. The van der Waals surface area contributed by atoms with Gasteiger partial charge in [-0.15, -0.1) is 0 Å². The normalized spacial score (nSPS) is 10.6. The van der Waals surface area contributed by atoms with Gasteiger partial charge in [0.15, 0.2) is 0 Å². The molecule has 0 saturated carbocycles. The number of halogens is 1. The van der Waals surface area contributed by atoms with E-state index in [-0.39, 0.29) is 0 Å². The molecule has 0 spiro atoms. The van der Waals surface area contributed by atoms with Gasteiger partial charge in [0.25, 0.3) is 0 Å². The van der Waals surface area contributed by atoms with Crippen LogP contribution in [0.1, 0.15) is 12.6 Å². The first-order valence-corrected chi connectivity index (χ1v) is 4.15. The van der Waals surface area contributed by atoms with Gasteiger partial charge < -0.3 is 0 Å². The van der Waals surface area contributed by atoms with E-state index in [2.05, 4.69) is 27.6 Å². The van der Waals surface area contributed by atoms with E-state index in [1.165, 1.54) is 3.57 Å². The molecule has 0 aliphatic carbocycles. The maximum Gasteiger partial charge on any atom is 0.0636 e. The van der Waals surface area contributed by atoms with Crippen molar-refractivity contribution in [2.24, 2.45) is 0 Å². The van der Waals surface area contributed by atoms with E-state index >= 15 is 0 Å². The minimum absolute atomic E-state index is 1.02. The molecule has 0 N–H and O–H groups in total. The first-order valence-electron chi connectivity index (χ1n) is 3.07. The fraction of sp³-hybridized carbons (Fsp3) is 0.125. The van der Waals surface area contributed by atoms with Gasteiger partial charge in [0.05, 0.1) is 5.69 Å². The largest absolute Gasteiger partial charge is 0.257 e. The molecule has 1 aromatic rings. The van der Waals surface area contributed by atoms with Gasteiger partial charge in [-0.25, -0.2) is 0 Å². The van der Waals surface area contributed by atoms with Crippen molar-refractivity contribution in [2.45, 2.75) is 6.92 Å². The quantitative estimate of drug-likeness (QED) is 0.693. The van der Waals surface area contributed by atoms with E-state index in [1.54, 1.807) is 0 Å². The summed E-state index contributed by atoms with van der Waals surface area (Å²) in [5.41, 5.74) is 1.02. The summed E-state index contributed by atoms with van der Waals surface area (Å²) >= 11 is 2.27. The maximum atomic E-state index is 4.14. The molecule has 0 fully saturated rings. The zero-order valence-corrected chi connectivity index (χ0v) is 7.87. The van der Waals surface area contributed by atoms with Crippen LogP contribution in [-0.2, 0) is 0 Å².